The zero-order valence-corrected chi connectivity index (χ0v) is 15.7. The van der Waals surface area contributed by atoms with Crippen LogP contribution < -0.4 is 5.32 Å². The number of hydrogen-bond donors (Lipinski definition) is 1. The zero-order valence-electron chi connectivity index (χ0n) is 15.7. The Kier molecular flexibility index (Phi) is 5.69. The van der Waals surface area contributed by atoms with Crippen LogP contribution in [0.5, 0.6) is 0 Å². The van der Waals surface area contributed by atoms with Gasteiger partial charge in [-0.25, -0.2) is 28.1 Å². The minimum atomic E-state index is -2.57. The number of alkyl halides is 2. The molecule has 0 aliphatic heterocycles. The Labute approximate surface area is 170 Å². The van der Waals surface area contributed by atoms with Crippen molar-refractivity contribution >= 4 is 5.95 Å². The lowest BCUT2D eigenvalue weighted by atomic mass is 10.1. The van der Waals surface area contributed by atoms with E-state index in [9.17, 15) is 13.2 Å². The van der Waals surface area contributed by atoms with Gasteiger partial charge < -0.3 is 9.88 Å². The van der Waals surface area contributed by atoms with Crippen molar-refractivity contribution in [3.63, 3.8) is 0 Å². The Morgan fingerprint density at radius 2 is 1.77 bits per heavy atom. The first-order valence-corrected chi connectivity index (χ1v) is 9.16. The first kappa shape index (κ1) is 19.6. The van der Waals surface area contributed by atoms with Crippen LogP contribution in [0.4, 0.5) is 19.1 Å². The van der Waals surface area contributed by atoms with Gasteiger partial charge in [-0.1, -0.05) is 6.07 Å². The van der Waals surface area contributed by atoms with E-state index >= 15 is 0 Å². The minimum Gasteiger partial charge on any atom is -0.349 e. The molecule has 9 heteroatoms. The van der Waals surface area contributed by atoms with Gasteiger partial charge in [0.15, 0.2) is 0 Å². The summed E-state index contributed by atoms with van der Waals surface area (Å²) in [6.45, 7) is -0.129. The molecule has 0 atom stereocenters. The predicted molar refractivity (Wildman–Crippen MR) is 106 cm³/mol. The number of nitrogens with one attached hydrogen (secondary N) is 1. The zero-order chi connectivity index (χ0) is 20.9. The van der Waals surface area contributed by atoms with Crippen LogP contribution in [0.15, 0.2) is 67.3 Å². The largest absolute Gasteiger partial charge is 0.349 e. The number of halogens is 3. The van der Waals surface area contributed by atoms with Crippen LogP contribution in [-0.4, -0.2) is 30.9 Å². The number of hydrogen-bond acceptors (Lipinski definition) is 5. The number of benzene rings is 1. The molecule has 0 aliphatic carbocycles. The number of nitrogens with zero attached hydrogens (tertiary/aromatic N) is 5. The molecule has 30 heavy (non-hydrogen) atoms. The minimum absolute atomic E-state index is 0.327. The lowest BCUT2D eigenvalue weighted by Crippen LogP contribution is -2.09. The van der Waals surface area contributed by atoms with Crippen LogP contribution in [0.2, 0.25) is 0 Å². The number of rotatable bonds is 7. The average molecular weight is 410 g/mol. The fraction of sp³-hybridized carbons (Fsp3) is 0.143. The summed E-state index contributed by atoms with van der Waals surface area (Å²) < 4.78 is 40.9. The van der Waals surface area contributed by atoms with Gasteiger partial charge in [-0.2, -0.15) is 0 Å². The van der Waals surface area contributed by atoms with Crippen LogP contribution in [0, 0.1) is 5.82 Å². The summed E-state index contributed by atoms with van der Waals surface area (Å²) >= 11 is 0. The van der Waals surface area contributed by atoms with Crippen LogP contribution in [0.3, 0.4) is 0 Å². The van der Waals surface area contributed by atoms with Crippen molar-refractivity contribution < 1.29 is 13.2 Å². The number of imidazole rings is 1. The third kappa shape index (κ3) is 4.45. The van der Waals surface area contributed by atoms with E-state index in [1.165, 1.54) is 29.2 Å². The van der Waals surface area contributed by atoms with Gasteiger partial charge in [-0.05, 0) is 42.5 Å². The van der Waals surface area contributed by atoms with Crippen molar-refractivity contribution in [2.24, 2.45) is 0 Å². The highest BCUT2D eigenvalue weighted by atomic mass is 19.3. The quantitative estimate of drug-likeness (QED) is 0.489. The van der Waals surface area contributed by atoms with E-state index in [1.807, 2.05) is 18.2 Å². The van der Waals surface area contributed by atoms with Crippen LogP contribution in [0.25, 0.3) is 22.6 Å². The maximum atomic E-state index is 13.3. The maximum Gasteiger partial charge on any atom is 0.256 e. The molecule has 0 spiro atoms. The van der Waals surface area contributed by atoms with Gasteiger partial charge >= 0.3 is 0 Å². The topological polar surface area (TPSA) is 68.5 Å². The highest BCUT2D eigenvalue weighted by molar-refractivity contribution is 5.77. The molecule has 3 aromatic heterocycles. The second-order valence-corrected chi connectivity index (χ2v) is 6.43. The Hall–Kier alpha value is -3.75. The molecule has 1 aromatic carbocycles. The van der Waals surface area contributed by atoms with Gasteiger partial charge in [-0.3, -0.25) is 4.98 Å². The third-order valence-electron chi connectivity index (χ3n) is 4.34. The van der Waals surface area contributed by atoms with E-state index in [2.05, 4.69) is 25.3 Å². The van der Waals surface area contributed by atoms with E-state index in [4.69, 9.17) is 0 Å². The molecule has 0 amide bonds. The lowest BCUT2D eigenvalue weighted by Gasteiger charge is -2.11. The summed E-state index contributed by atoms with van der Waals surface area (Å²) in [6.07, 6.45) is 2.00. The second-order valence-electron chi connectivity index (χ2n) is 6.43. The van der Waals surface area contributed by atoms with E-state index in [0.29, 0.717) is 35.1 Å². The summed E-state index contributed by atoms with van der Waals surface area (Å²) in [5, 5.41) is 3.08. The second kappa shape index (κ2) is 8.73. The third-order valence-corrected chi connectivity index (χ3v) is 4.34. The van der Waals surface area contributed by atoms with Crippen LogP contribution >= 0.6 is 0 Å². The molecular weight excluding hydrogens is 393 g/mol. The molecule has 1 N–H and O–H groups in total. The highest BCUT2D eigenvalue weighted by Gasteiger charge is 2.19. The molecule has 0 aliphatic rings. The standard InChI is InChI=1S/C21H17F3N6/c22-15-6-4-14(5-7-15)19-20(30(13-28-19)12-18(23)24)17-8-10-26-21(29-17)27-11-16-3-1-2-9-25-16/h1-10,13,18H,11-12H2,(H,26,27,29). The fourth-order valence-electron chi connectivity index (χ4n) is 3.00. The number of anilines is 1. The Balaban J connectivity index is 1.69. The van der Waals surface area contributed by atoms with Crippen molar-refractivity contribution in [3.8, 4) is 22.6 Å². The van der Waals surface area contributed by atoms with Crippen molar-refractivity contribution in [2.75, 3.05) is 5.32 Å². The van der Waals surface area contributed by atoms with Crippen molar-refractivity contribution in [1.82, 2.24) is 24.5 Å². The first-order chi connectivity index (χ1) is 14.6. The van der Waals surface area contributed by atoms with E-state index in [1.54, 1.807) is 24.4 Å². The SMILES string of the molecule is Fc1ccc(-c2ncn(CC(F)F)c2-c2ccnc(NCc3ccccn3)n2)cc1. The summed E-state index contributed by atoms with van der Waals surface area (Å²) in [5.74, 6) is -0.0663. The van der Waals surface area contributed by atoms with Crippen LogP contribution in [0.1, 0.15) is 5.69 Å². The van der Waals surface area contributed by atoms with Crippen LogP contribution in [-0.2, 0) is 13.1 Å². The summed E-state index contributed by atoms with van der Waals surface area (Å²) in [5.41, 5.74) is 2.67. The summed E-state index contributed by atoms with van der Waals surface area (Å²) in [7, 11) is 0. The highest BCUT2D eigenvalue weighted by Crippen LogP contribution is 2.31. The Morgan fingerprint density at radius 1 is 0.933 bits per heavy atom. The molecule has 0 bridgehead atoms. The van der Waals surface area contributed by atoms with E-state index in [-0.39, 0.29) is 0 Å². The van der Waals surface area contributed by atoms with Gasteiger partial charge in [0, 0.05) is 18.0 Å². The fourth-order valence-corrected chi connectivity index (χ4v) is 3.00. The number of pyridine rings is 1. The lowest BCUT2D eigenvalue weighted by molar-refractivity contribution is 0.127. The Bertz CT molecular complexity index is 1110. The number of aromatic nitrogens is 5. The summed E-state index contributed by atoms with van der Waals surface area (Å²) in [4.78, 5) is 17.2. The van der Waals surface area contributed by atoms with Crippen molar-refractivity contribution in [1.29, 1.82) is 0 Å². The smallest absolute Gasteiger partial charge is 0.256 e. The van der Waals surface area contributed by atoms with Gasteiger partial charge in [-0.15, -0.1) is 0 Å². The normalized spacial score (nSPS) is 11.1. The Morgan fingerprint density at radius 3 is 2.50 bits per heavy atom. The molecule has 3 heterocycles. The molecule has 0 radical (unpaired) electrons. The van der Waals surface area contributed by atoms with E-state index < -0.39 is 18.8 Å². The van der Waals surface area contributed by atoms with Gasteiger partial charge in [0.25, 0.3) is 6.43 Å². The monoisotopic (exact) mass is 410 g/mol. The average Bonchev–Trinajstić information content (AvgIpc) is 3.16. The maximum absolute atomic E-state index is 13.3. The molecule has 0 saturated carbocycles. The van der Waals surface area contributed by atoms with Gasteiger partial charge in [0.05, 0.1) is 42.2 Å². The molecule has 0 unspecified atom stereocenters. The molecular formula is C21H17F3N6. The molecule has 6 nitrogen and oxygen atoms in total. The molecule has 0 fully saturated rings. The molecule has 4 rings (SSSR count). The van der Waals surface area contributed by atoms with Gasteiger partial charge in [0.1, 0.15) is 5.82 Å². The van der Waals surface area contributed by atoms with Gasteiger partial charge in [0.2, 0.25) is 5.95 Å². The van der Waals surface area contributed by atoms with Crippen molar-refractivity contribution in [2.45, 2.75) is 19.5 Å². The summed E-state index contributed by atoms with van der Waals surface area (Å²) in [6, 6.07) is 12.9. The van der Waals surface area contributed by atoms with Crippen molar-refractivity contribution in [3.05, 3.63) is 78.8 Å². The predicted octanol–water partition coefficient (Wildman–Crippen LogP) is 4.42. The first-order valence-electron chi connectivity index (χ1n) is 9.16. The van der Waals surface area contributed by atoms with E-state index in [0.717, 1.165) is 5.69 Å². The molecule has 152 valence electrons. The molecule has 0 saturated heterocycles. The molecule has 4 aromatic rings.